The van der Waals surface area contributed by atoms with Gasteiger partial charge in [-0.05, 0) is 86.0 Å². The molecule has 168 valence electrons. The van der Waals surface area contributed by atoms with Crippen LogP contribution in [0.15, 0.2) is 54.1 Å². The van der Waals surface area contributed by atoms with E-state index >= 15 is 0 Å². The molecule has 2 saturated carbocycles. The first-order chi connectivity index (χ1) is 15.2. The molecule has 0 heterocycles. The third kappa shape index (κ3) is 2.84. The molecular formula is C28H32O4. The number of rotatable bonds is 3. The van der Waals surface area contributed by atoms with Gasteiger partial charge in [0.05, 0.1) is 5.56 Å². The Labute approximate surface area is 190 Å². The predicted molar refractivity (Wildman–Crippen MR) is 122 cm³/mol. The van der Waals surface area contributed by atoms with Gasteiger partial charge in [-0.2, -0.15) is 0 Å². The van der Waals surface area contributed by atoms with Crippen LogP contribution in [0.5, 0.6) is 0 Å². The molecule has 0 radical (unpaired) electrons. The molecule has 0 aliphatic heterocycles. The minimum atomic E-state index is -1.08. The van der Waals surface area contributed by atoms with E-state index in [1.165, 1.54) is 5.57 Å². The highest BCUT2D eigenvalue weighted by molar-refractivity contribution is 5.95. The van der Waals surface area contributed by atoms with Gasteiger partial charge in [-0.3, -0.25) is 9.59 Å². The number of allylic oxidation sites excluding steroid dienone is 4. The van der Waals surface area contributed by atoms with Crippen molar-refractivity contribution in [2.75, 3.05) is 0 Å². The highest BCUT2D eigenvalue weighted by atomic mass is 16.6. The zero-order chi connectivity index (χ0) is 22.7. The second-order valence-electron chi connectivity index (χ2n) is 10.8. The van der Waals surface area contributed by atoms with Crippen LogP contribution in [0, 0.1) is 28.6 Å². The Balaban J connectivity index is 1.50. The van der Waals surface area contributed by atoms with Crippen LogP contribution in [0.2, 0.25) is 0 Å². The summed E-state index contributed by atoms with van der Waals surface area (Å²) in [6.45, 7) is 6.08. The van der Waals surface area contributed by atoms with Gasteiger partial charge in [-0.15, -0.1) is 0 Å². The SMILES string of the molecule is CC(=O)[C@@]1(OC(=O)c2ccccc2)CC[C@H]2[C@@H]3C=CC4=CC(=O)CC[C@]4(C)[C@H]3CC[C@@]21C. The summed E-state index contributed by atoms with van der Waals surface area (Å²) < 4.78 is 6.18. The molecule has 5 rings (SSSR count). The van der Waals surface area contributed by atoms with Crippen LogP contribution in [0.1, 0.15) is 69.7 Å². The molecule has 6 atom stereocenters. The van der Waals surface area contributed by atoms with Crippen molar-refractivity contribution in [1.82, 2.24) is 0 Å². The first-order valence-electron chi connectivity index (χ1n) is 11.9. The van der Waals surface area contributed by atoms with Gasteiger partial charge in [0.2, 0.25) is 0 Å². The topological polar surface area (TPSA) is 60.4 Å². The summed E-state index contributed by atoms with van der Waals surface area (Å²) in [7, 11) is 0. The van der Waals surface area contributed by atoms with Crippen molar-refractivity contribution >= 4 is 17.5 Å². The Morgan fingerprint density at radius 1 is 1.00 bits per heavy atom. The number of ether oxygens (including phenoxy) is 1. The molecule has 32 heavy (non-hydrogen) atoms. The van der Waals surface area contributed by atoms with E-state index in [1.54, 1.807) is 19.1 Å². The zero-order valence-corrected chi connectivity index (χ0v) is 19.2. The summed E-state index contributed by atoms with van der Waals surface area (Å²) in [5, 5.41) is 0. The number of hydrogen-bond acceptors (Lipinski definition) is 4. The predicted octanol–water partition coefficient (Wildman–Crippen LogP) is 5.48. The van der Waals surface area contributed by atoms with Crippen LogP contribution in [0.4, 0.5) is 0 Å². The van der Waals surface area contributed by atoms with Gasteiger partial charge >= 0.3 is 5.97 Å². The van der Waals surface area contributed by atoms with Gasteiger partial charge in [-0.1, -0.05) is 44.2 Å². The van der Waals surface area contributed by atoms with Crippen LogP contribution in [0.3, 0.4) is 0 Å². The quantitative estimate of drug-likeness (QED) is 0.594. The van der Waals surface area contributed by atoms with Crippen molar-refractivity contribution in [3.05, 3.63) is 59.7 Å². The lowest BCUT2D eigenvalue weighted by Crippen LogP contribution is -2.58. The molecule has 0 bridgehead atoms. The normalized spacial score (nSPS) is 40.0. The fourth-order valence-electron chi connectivity index (χ4n) is 7.61. The van der Waals surface area contributed by atoms with Gasteiger partial charge < -0.3 is 4.74 Å². The minimum Gasteiger partial charge on any atom is -0.447 e. The van der Waals surface area contributed by atoms with Crippen molar-refractivity contribution in [2.24, 2.45) is 28.6 Å². The zero-order valence-electron chi connectivity index (χ0n) is 19.2. The lowest BCUT2D eigenvalue weighted by molar-refractivity contribution is -0.158. The summed E-state index contributed by atoms with van der Waals surface area (Å²) in [4.78, 5) is 38.2. The molecule has 0 aromatic heterocycles. The first-order valence-corrected chi connectivity index (χ1v) is 11.9. The molecule has 4 aliphatic carbocycles. The summed E-state index contributed by atoms with van der Waals surface area (Å²) in [5.41, 5.74) is 0.196. The third-order valence-electron chi connectivity index (χ3n) is 9.48. The second-order valence-corrected chi connectivity index (χ2v) is 10.8. The van der Waals surface area contributed by atoms with Gasteiger partial charge in [0.25, 0.3) is 0 Å². The third-order valence-corrected chi connectivity index (χ3v) is 9.48. The number of carbonyl (C=O) groups excluding carboxylic acids is 3. The average molecular weight is 433 g/mol. The Morgan fingerprint density at radius 2 is 1.72 bits per heavy atom. The van der Waals surface area contributed by atoms with Crippen molar-refractivity contribution < 1.29 is 19.1 Å². The van der Waals surface area contributed by atoms with E-state index in [2.05, 4.69) is 26.0 Å². The highest BCUT2D eigenvalue weighted by Gasteiger charge is 2.67. The maximum absolute atomic E-state index is 13.1. The molecule has 1 aromatic rings. The van der Waals surface area contributed by atoms with E-state index in [0.717, 1.165) is 25.7 Å². The van der Waals surface area contributed by atoms with Crippen LogP contribution >= 0.6 is 0 Å². The average Bonchev–Trinajstić information content (AvgIpc) is 3.08. The van der Waals surface area contributed by atoms with E-state index in [-0.39, 0.29) is 22.9 Å². The lowest BCUT2D eigenvalue weighted by atomic mass is 9.48. The smallest absolute Gasteiger partial charge is 0.339 e. The summed E-state index contributed by atoms with van der Waals surface area (Å²) in [6, 6.07) is 8.97. The van der Waals surface area contributed by atoms with E-state index < -0.39 is 17.0 Å². The number of esters is 1. The van der Waals surface area contributed by atoms with E-state index in [1.807, 2.05) is 24.3 Å². The maximum Gasteiger partial charge on any atom is 0.339 e. The summed E-state index contributed by atoms with van der Waals surface area (Å²) in [5.74, 6) is 0.844. The van der Waals surface area contributed by atoms with Gasteiger partial charge in [0.1, 0.15) is 0 Å². The summed E-state index contributed by atoms with van der Waals surface area (Å²) >= 11 is 0. The largest absolute Gasteiger partial charge is 0.447 e. The number of hydrogen-bond donors (Lipinski definition) is 0. The maximum atomic E-state index is 13.1. The van der Waals surface area contributed by atoms with Crippen molar-refractivity contribution in [1.29, 1.82) is 0 Å². The van der Waals surface area contributed by atoms with Gasteiger partial charge in [0, 0.05) is 11.8 Å². The molecule has 1 aromatic carbocycles. The molecule has 0 saturated heterocycles. The van der Waals surface area contributed by atoms with Crippen LogP contribution < -0.4 is 0 Å². The molecular weight excluding hydrogens is 400 g/mol. The van der Waals surface area contributed by atoms with E-state index in [0.29, 0.717) is 30.2 Å². The fourth-order valence-corrected chi connectivity index (χ4v) is 7.61. The number of fused-ring (bicyclic) bond motifs is 5. The van der Waals surface area contributed by atoms with Gasteiger partial charge in [-0.25, -0.2) is 4.79 Å². The molecule has 2 fully saturated rings. The van der Waals surface area contributed by atoms with E-state index in [9.17, 15) is 14.4 Å². The van der Waals surface area contributed by atoms with Crippen molar-refractivity contribution in [3.8, 4) is 0 Å². The van der Waals surface area contributed by atoms with Gasteiger partial charge in [0.15, 0.2) is 17.2 Å². The summed E-state index contributed by atoms with van der Waals surface area (Å²) in [6.07, 6.45) is 11.1. The van der Waals surface area contributed by atoms with Crippen molar-refractivity contribution in [3.63, 3.8) is 0 Å². The van der Waals surface area contributed by atoms with Crippen molar-refractivity contribution in [2.45, 2.75) is 64.9 Å². The molecule has 0 spiro atoms. The number of benzene rings is 1. The molecule has 0 unspecified atom stereocenters. The van der Waals surface area contributed by atoms with Crippen LogP contribution in [-0.2, 0) is 14.3 Å². The second kappa shape index (κ2) is 7.26. The fraction of sp³-hybridized carbons (Fsp3) is 0.536. The van der Waals surface area contributed by atoms with E-state index in [4.69, 9.17) is 4.74 Å². The molecule has 0 N–H and O–H groups in total. The first kappa shape index (κ1) is 21.4. The molecule has 4 nitrogen and oxygen atoms in total. The molecule has 4 aliphatic rings. The standard InChI is InChI=1S/C28H32O4/c1-18(29)28(32-25(31)19-7-5-4-6-8-19)16-13-24-22-10-9-20-17-21(30)11-14-26(20,2)23(22)12-15-27(24,28)3/h4-10,17,22-24H,11-16H2,1-3H3/t22-,23+,24+,26+,27+,28+/m1/s1. The Hall–Kier alpha value is -2.49. The molecule has 4 heteroatoms. The number of Topliss-reactive ketones (excluding diaryl/α,β-unsaturated/α-hetero) is 1. The molecule has 0 amide bonds. The highest BCUT2D eigenvalue weighted by Crippen LogP contribution is 2.67. The Morgan fingerprint density at radius 3 is 2.44 bits per heavy atom. The number of ketones is 2. The number of carbonyl (C=O) groups is 3. The van der Waals surface area contributed by atoms with Crippen LogP contribution in [0.25, 0.3) is 0 Å². The Bertz CT molecular complexity index is 1040. The monoisotopic (exact) mass is 432 g/mol. The lowest BCUT2D eigenvalue weighted by Gasteiger charge is -2.57. The minimum absolute atomic E-state index is 0.0108. The Kier molecular flexibility index (Phi) is 4.85. The van der Waals surface area contributed by atoms with Crippen LogP contribution in [-0.4, -0.2) is 23.1 Å².